The quantitative estimate of drug-likeness (QED) is 0.864. The number of hydrogen-bond donors (Lipinski definition) is 1. The maximum atomic E-state index is 4.51. The first-order valence-corrected chi connectivity index (χ1v) is 6.83. The van der Waals surface area contributed by atoms with Crippen LogP contribution in [-0.4, -0.2) is 19.6 Å². The van der Waals surface area contributed by atoms with Crippen LogP contribution in [0.25, 0.3) is 0 Å². The molecule has 0 bridgehead atoms. The lowest BCUT2D eigenvalue weighted by Gasteiger charge is -2.07. The molecule has 0 aromatic carbocycles. The maximum Gasteiger partial charge on any atom is 0.0638 e. The van der Waals surface area contributed by atoms with E-state index in [1.165, 1.54) is 11.3 Å². The molecule has 5 heteroatoms. The smallest absolute Gasteiger partial charge is 0.0638 e. The number of nitrogens with zero attached hydrogens (tertiary/aromatic N) is 4. The minimum Gasteiger partial charge on any atom is -0.307 e. The second-order valence-corrected chi connectivity index (χ2v) is 5.02. The molecule has 104 valence electrons. The Morgan fingerprint density at radius 2 is 2.00 bits per heavy atom. The van der Waals surface area contributed by atoms with Crippen molar-refractivity contribution in [1.82, 2.24) is 24.9 Å². The summed E-state index contributed by atoms with van der Waals surface area (Å²) in [7, 11) is 1.95. The van der Waals surface area contributed by atoms with Crippen LogP contribution < -0.4 is 5.32 Å². The van der Waals surface area contributed by atoms with Gasteiger partial charge in [0.15, 0.2) is 0 Å². The third-order valence-electron chi connectivity index (χ3n) is 3.16. The van der Waals surface area contributed by atoms with Crippen molar-refractivity contribution in [3.8, 4) is 0 Å². The first kappa shape index (κ1) is 13.8. The zero-order chi connectivity index (χ0) is 13.8. The van der Waals surface area contributed by atoms with Gasteiger partial charge in [-0.2, -0.15) is 10.2 Å². The Morgan fingerprint density at radius 3 is 2.63 bits per heavy atom. The average molecular weight is 261 g/mol. The summed E-state index contributed by atoms with van der Waals surface area (Å²) in [6.07, 6.45) is 3.17. The van der Waals surface area contributed by atoms with Crippen molar-refractivity contribution in [1.29, 1.82) is 0 Å². The molecule has 2 heterocycles. The van der Waals surface area contributed by atoms with Crippen LogP contribution in [0.5, 0.6) is 0 Å². The van der Waals surface area contributed by atoms with E-state index in [2.05, 4.69) is 39.4 Å². The summed E-state index contributed by atoms with van der Waals surface area (Å²) in [5.41, 5.74) is 4.68. The number of rotatable bonds is 6. The molecule has 2 aromatic heterocycles. The largest absolute Gasteiger partial charge is 0.307 e. The molecule has 2 rings (SSSR count). The van der Waals surface area contributed by atoms with E-state index in [1.807, 2.05) is 25.6 Å². The Labute approximate surface area is 114 Å². The molecular formula is C14H23N5. The van der Waals surface area contributed by atoms with Crippen LogP contribution in [0.2, 0.25) is 0 Å². The van der Waals surface area contributed by atoms with Gasteiger partial charge in [-0.1, -0.05) is 6.92 Å². The van der Waals surface area contributed by atoms with Gasteiger partial charge in [0, 0.05) is 38.4 Å². The number of aryl methyl sites for hydroxylation is 4. The van der Waals surface area contributed by atoms with E-state index in [0.29, 0.717) is 0 Å². The molecular weight excluding hydrogens is 238 g/mol. The summed E-state index contributed by atoms with van der Waals surface area (Å²) in [4.78, 5) is 0. The van der Waals surface area contributed by atoms with Crippen LogP contribution in [0.3, 0.4) is 0 Å². The third kappa shape index (κ3) is 3.44. The fraction of sp³-hybridized carbons (Fsp3) is 0.571. The molecule has 19 heavy (non-hydrogen) atoms. The highest BCUT2D eigenvalue weighted by Crippen LogP contribution is 2.07. The molecule has 0 radical (unpaired) electrons. The second-order valence-electron chi connectivity index (χ2n) is 5.02. The van der Waals surface area contributed by atoms with Crippen LogP contribution in [-0.2, 0) is 26.7 Å². The lowest BCUT2D eigenvalue weighted by atomic mass is 10.2. The molecule has 0 saturated heterocycles. The number of nitrogens with one attached hydrogen (secondary N) is 1. The Kier molecular flexibility index (Phi) is 4.37. The average Bonchev–Trinajstić information content (AvgIpc) is 2.83. The fourth-order valence-corrected chi connectivity index (χ4v) is 2.29. The normalized spacial score (nSPS) is 11.2. The van der Waals surface area contributed by atoms with Gasteiger partial charge >= 0.3 is 0 Å². The Hall–Kier alpha value is -1.62. The molecule has 0 aliphatic carbocycles. The zero-order valence-corrected chi connectivity index (χ0v) is 12.3. The molecule has 0 unspecified atom stereocenters. The SMILES string of the molecule is CCCn1nc(C)cc1CNCc1cn(C)nc1C. The van der Waals surface area contributed by atoms with Crippen molar-refractivity contribution in [3.05, 3.63) is 34.9 Å². The molecule has 0 amide bonds. The zero-order valence-electron chi connectivity index (χ0n) is 12.3. The van der Waals surface area contributed by atoms with Crippen LogP contribution in [0.15, 0.2) is 12.3 Å². The van der Waals surface area contributed by atoms with Gasteiger partial charge in [0.25, 0.3) is 0 Å². The van der Waals surface area contributed by atoms with E-state index in [0.717, 1.165) is 37.4 Å². The Balaban J connectivity index is 1.93. The van der Waals surface area contributed by atoms with E-state index in [4.69, 9.17) is 0 Å². The summed E-state index contributed by atoms with van der Waals surface area (Å²) in [5, 5.41) is 12.3. The van der Waals surface area contributed by atoms with Gasteiger partial charge in [0.05, 0.1) is 17.1 Å². The van der Waals surface area contributed by atoms with Gasteiger partial charge in [-0.3, -0.25) is 9.36 Å². The molecule has 5 nitrogen and oxygen atoms in total. The van der Waals surface area contributed by atoms with Gasteiger partial charge in [-0.25, -0.2) is 0 Å². The molecule has 0 spiro atoms. The highest BCUT2D eigenvalue weighted by molar-refractivity contribution is 5.15. The van der Waals surface area contributed by atoms with Crippen LogP contribution in [0.1, 0.15) is 36.0 Å². The number of hydrogen-bond acceptors (Lipinski definition) is 3. The van der Waals surface area contributed by atoms with Crippen LogP contribution >= 0.6 is 0 Å². The van der Waals surface area contributed by atoms with E-state index in [-0.39, 0.29) is 0 Å². The topological polar surface area (TPSA) is 47.7 Å². The predicted octanol–water partition coefficient (Wildman–Crippen LogP) is 1.93. The molecule has 0 aliphatic heterocycles. The molecule has 1 N–H and O–H groups in total. The third-order valence-corrected chi connectivity index (χ3v) is 3.16. The number of aromatic nitrogens is 4. The lowest BCUT2D eigenvalue weighted by molar-refractivity contribution is 0.547. The van der Waals surface area contributed by atoms with E-state index in [9.17, 15) is 0 Å². The van der Waals surface area contributed by atoms with Crippen LogP contribution in [0, 0.1) is 13.8 Å². The summed E-state index contributed by atoms with van der Waals surface area (Å²) in [6, 6.07) is 2.15. The fourth-order valence-electron chi connectivity index (χ4n) is 2.29. The lowest BCUT2D eigenvalue weighted by Crippen LogP contribution is -2.16. The minimum atomic E-state index is 0.842. The van der Waals surface area contributed by atoms with Gasteiger partial charge in [0.2, 0.25) is 0 Å². The molecule has 2 aromatic rings. The minimum absolute atomic E-state index is 0.842. The van der Waals surface area contributed by atoms with Crippen molar-refractivity contribution in [3.63, 3.8) is 0 Å². The standard InChI is InChI=1S/C14H23N5/c1-5-6-19-14(7-11(2)16-19)9-15-8-13-10-18(4)17-12(13)3/h7,10,15H,5-6,8-9H2,1-4H3. The maximum absolute atomic E-state index is 4.51. The van der Waals surface area contributed by atoms with Gasteiger partial charge in [0.1, 0.15) is 0 Å². The summed E-state index contributed by atoms with van der Waals surface area (Å²) in [6.45, 7) is 8.93. The van der Waals surface area contributed by atoms with Gasteiger partial charge in [-0.05, 0) is 26.3 Å². The van der Waals surface area contributed by atoms with Crippen molar-refractivity contribution in [2.75, 3.05) is 0 Å². The van der Waals surface area contributed by atoms with E-state index >= 15 is 0 Å². The first-order chi connectivity index (χ1) is 9.10. The van der Waals surface area contributed by atoms with E-state index in [1.54, 1.807) is 0 Å². The molecule has 0 fully saturated rings. The molecule has 0 aliphatic rings. The Morgan fingerprint density at radius 1 is 1.21 bits per heavy atom. The Bertz CT molecular complexity index is 538. The monoisotopic (exact) mass is 261 g/mol. The summed E-state index contributed by atoms with van der Waals surface area (Å²) in [5.74, 6) is 0. The molecule has 0 saturated carbocycles. The van der Waals surface area contributed by atoms with Gasteiger partial charge in [-0.15, -0.1) is 0 Å². The summed E-state index contributed by atoms with van der Waals surface area (Å²) >= 11 is 0. The molecule has 0 atom stereocenters. The highest BCUT2D eigenvalue weighted by atomic mass is 15.3. The van der Waals surface area contributed by atoms with Crippen molar-refractivity contribution >= 4 is 0 Å². The summed E-state index contributed by atoms with van der Waals surface area (Å²) < 4.78 is 3.95. The predicted molar refractivity (Wildman–Crippen MR) is 75.7 cm³/mol. The van der Waals surface area contributed by atoms with Crippen molar-refractivity contribution in [2.24, 2.45) is 7.05 Å². The van der Waals surface area contributed by atoms with Crippen molar-refractivity contribution < 1.29 is 0 Å². The van der Waals surface area contributed by atoms with Crippen LogP contribution in [0.4, 0.5) is 0 Å². The second kappa shape index (κ2) is 6.02. The van der Waals surface area contributed by atoms with Crippen molar-refractivity contribution in [2.45, 2.75) is 46.8 Å². The van der Waals surface area contributed by atoms with Gasteiger partial charge < -0.3 is 5.32 Å². The first-order valence-electron chi connectivity index (χ1n) is 6.83. The van der Waals surface area contributed by atoms with E-state index < -0.39 is 0 Å². The highest BCUT2D eigenvalue weighted by Gasteiger charge is 2.06.